The van der Waals surface area contributed by atoms with E-state index in [4.69, 9.17) is 16.3 Å². The SMILES string of the molecule is COc1ccc(CC(=O)N2CCN(C(=O)Nc3cccc(Cl)c3)CC2)cc1. The molecule has 1 aliphatic heterocycles. The second-order valence-electron chi connectivity index (χ2n) is 6.33. The van der Waals surface area contributed by atoms with Gasteiger partial charge in [-0.1, -0.05) is 29.8 Å². The Labute approximate surface area is 163 Å². The van der Waals surface area contributed by atoms with Crippen LogP contribution in [0.3, 0.4) is 0 Å². The lowest BCUT2D eigenvalue weighted by molar-refractivity contribution is -0.131. The zero-order valence-corrected chi connectivity index (χ0v) is 15.9. The number of piperazine rings is 1. The van der Waals surface area contributed by atoms with Gasteiger partial charge >= 0.3 is 6.03 Å². The largest absolute Gasteiger partial charge is 0.497 e. The molecule has 0 radical (unpaired) electrons. The van der Waals surface area contributed by atoms with Gasteiger partial charge in [0, 0.05) is 36.9 Å². The molecule has 3 amide bonds. The Hall–Kier alpha value is -2.73. The molecule has 6 nitrogen and oxygen atoms in total. The van der Waals surface area contributed by atoms with E-state index in [2.05, 4.69) is 5.32 Å². The summed E-state index contributed by atoms with van der Waals surface area (Å²) in [5.74, 6) is 0.834. The van der Waals surface area contributed by atoms with Crippen LogP contribution in [-0.2, 0) is 11.2 Å². The van der Waals surface area contributed by atoms with Crippen molar-refractivity contribution < 1.29 is 14.3 Å². The number of ether oxygens (including phenoxy) is 1. The molecule has 0 aliphatic carbocycles. The number of benzene rings is 2. The van der Waals surface area contributed by atoms with Gasteiger partial charge in [-0.3, -0.25) is 4.79 Å². The van der Waals surface area contributed by atoms with Crippen molar-refractivity contribution in [2.45, 2.75) is 6.42 Å². The lowest BCUT2D eigenvalue weighted by Gasteiger charge is -2.34. The number of hydrogen-bond donors (Lipinski definition) is 1. The molecule has 7 heteroatoms. The van der Waals surface area contributed by atoms with Crippen LogP contribution in [0, 0.1) is 0 Å². The molecule has 142 valence electrons. The van der Waals surface area contributed by atoms with Crippen molar-refractivity contribution in [3.8, 4) is 5.75 Å². The van der Waals surface area contributed by atoms with Crippen molar-refractivity contribution in [2.75, 3.05) is 38.6 Å². The minimum atomic E-state index is -0.181. The Balaban J connectivity index is 1.48. The number of halogens is 1. The number of carbonyl (C=O) groups is 2. The van der Waals surface area contributed by atoms with Crippen molar-refractivity contribution in [1.82, 2.24) is 9.80 Å². The number of hydrogen-bond acceptors (Lipinski definition) is 3. The lowest BCUT2D eigenvalue weighted by atomic mass is 10.1. The van der Waals surface area contributed by atoms with Crippen LogP contribution in [0.4, 0.5) is 10.5 Å². The summed E-state index contributed by atoms with van der Waals surface area (Å²) in [5, 5.41) is 3.41. The standard InChI is InChI=1S/C20H22ClN3O3/c1-27-18-7-5-15(6-8-18)13-19(25)23-9-11-24(12-10-23)20(26)22-17-4-2-3-16(21)14-17/h2-8,14H,9-13H2,1H3,(H,22,26). The van der Waals surface area contributed by atoms with Gasteiger partial charge in [0.25, 0.3) is 0 Å². The number of carbonyl (C=O) groups excluding carboxylic acids is 2. The van der Waals surface area contributed by atoms with Gasteiger partial charge in [-0.25, -0.2) is 4.79 Å². The number of amides is 3. The summed E-state index contributed by atoms with van der Waals surface area (Å²) in [7, 11) is 1.61. The Morgan fingerprint density at radius 3 is 2.33 bits per heavy atom. The number of nitrogens with one attached hydrogen (secondary N) is 1. The molecule has 1 heterocycles. The molecule has 0 unspecified atom stereocenters. The first-order valence-corrected chi connectivity index (χ1v) is 9.15. The van der Waals surface area contributed by atoms with Crippen molar-refractivity contribution in [1.29, 1.82) is 0 Å². The topological polar surface area (TPSA) is 61.9 Å². The summed E-state index contributed by atoms with van der Waals surface area (Å²) < 4.78 is 5.13. The van der Waals surface area contributed by atoms with E-state index in [1.165, 1.54) is 0 Å². The molecule has 0 bridgehead atoms. The molecule has 0 spiro atoms. The summed E-state index contributed by atoms with van der Waals surface area (Å²) in [6.45, 7) is 2.05. The van der Waals surface area contributed by atoms with Gasteiger partial charge in [-0.05, 0) is 35.9 Å². The van der Waals surface area contributed by atoms with Crippen LogP contribution in [0.25, 0.3) is 0 Å². The van der Waals surface area contributed by atoms with Gasteiger partial charge in [0.05, 0.1) is 13.5 Å². The molecule has 1 N–H and O–H groups in total. The van der Waals surface area contributed by atoms with Crippen LogP contribution in [0.5, 0.6) is 5.75 Å². The van der Waals surface area contributed by atoms with Crippen LogP contribution in [0.1, 0.15) is 5.56 Å². The summed E-state index contributed by atoms with van der Waals surface area (Å²) in [4.78, 5) is 28.4. The van der Waals surface area contributed by atoms with E-state index in [9.17, 15) is 9.59 Å². The van der Waals surface area contributed by atoms with E-state index in [-0.39, 0.29) is 11.9 Å². The predicted octanol–water partition coefficient (Wildman–Crippen LogP) is 3.27. The first-order chi connectivity index (χ1) is 13.0. The minimum absolute atomic E-state index is 0.0649. The molecule has 1 aliphatic rings. The number of urea groups is 1. The molecule has 1 saturated heterocycles. The van der Waals surface area contributed by atoms with Crippen LogP contribution >= 0.6 is 11.6 Å². The number of methoxy groups -OCH3 is 1. The molecule has 2 aromatic carbocycles. The lowest BCUT2D eigenvalue weighted by Crippen LogP contribution is -2.52. The molecular weight excluding hydrogens is 366 g/mol. The third kappa shape index (κ3) is 5.14. The van der Waals surface area contributed by atoms with Crippen molar-refractivity contribution in [3.05, 3.63) is 59.1 Å². The normalized spacial score (nSPS) is 14.0. The second-order valence-corrected chi connectivity index (χ2v) is 6.77. The maximum Gasteiger partial charge on any atom is 0.321 e. The molecule has 0 atom stereocenters. The smallest absolute Gasteiger partial charge is 0.321 e. The quantitative estimate of drug-likeness (QED) is 0.875. The average molecular weight is 388 g/mol. The maximum atomic E-state index is 12.5. The summed E-state index contributed by atoms with van der Waals surface area (Å²) in [6, 6.07) is 14.3. The van der Waals surface area contributed by atoms with Gasteiger partial charge in [0.15, 0.2) is 0 Å². The van der Waals surface area contributed by atoms with Crippen LogP contribution in [0.15, 0.2) is 48.5 Å². The van der Waals surface area contributed by atoms with Gasteiger partial charge in [-0.2, -0.15) is 0 Å². The van der Waals surface area contributed by atoms with Crippen molar-refractivity contribution in [2.24, 2.45) is 0 Å². The van der Waals surface area contributed by atoms with E-state index >= 15 is 0 Å². The fourth-order valence-corrected chi connectivity index (χ4v) is 3.15. The van der Waals surface area contributed by atoms with Crippen LogP contribution < -0.4 is 10.1 Å². The molecule has 3 rings (SSSR count). The van der Waals surface area contributed by atoms with E-state index in [1.54, 1.807) is 41.2 Å². The number of nitrogens with zero attached hydrogens (tertiary/aromatic N) is 2. The molecule has 1 fully saturated rings. The zero-order chi connectivity index (χ0) is 19.2. The Kier molecular flexibility index (Phi) is 6.19. The van der Waals surface area contributed by atoms with E-state index in [1.807, 2.05) is 24.3 Å². The van der Waals surface area contributed by atoms with Crippen molar-refractivity contribution in [3.63, 3.8) is 0 Å². The molecule has 0 saturated carbocycles. The van der Waals surface area contributed by atoms with Gasteiger partial charge in [0.1, 0.15) is 5.75 Å². The number of anilines is 1. The van der Waals surface area contributed by atoms with E-state index in [0.29, 0.717) is 43.3 Å². The second kappa shape index (κ2) is 8.77. The molecule has 2 aromatic rings. The zero-order valence-electron chi connectivity index (χ0n) is 15.2. The molecule has 0 aromatic heterocycles. The highest BCUT2D eigenvalue weighted by molar-refractivity contribution is 6.30. The first-order valence-electron chi connectivity index (χ1n) is 8.77. The summed E-state index contributed by atoms with van der Waals surface area (Å²) in [6.07, 6.45) is 0.346. The van der Waals surface area contributed by atoms with Gasteiger partial charge in [-0.15, -0.1) is 0 Å². The Morgan fingerprint density at radius 1 is 1.04 bits per heavy atom. The minimum Gasteiger partial charge on any atom is -0.497 e. The third-order valence-electron chi connectivity index (χ3n) is 4.51. The predicted molar refractivity (Wildman–Crippen MR) is 105 cm³/mol. The molecule has 27 heavy (non-hydrogen) atoms. The van der Waals surface area contributed by atoms with E-state index in [0.717, 1.165) is 11.3 Å². The Bertz CT molecular complexity index is 802. The highest BCUT2D eigenvalue weighted by Gasteiger charge is 2.24. The maximum absolute atomic E-state index is 12.5. The van der Waals surface area contributed by atoms with E-state index < -0.39 is 0 Å². The monoisotopic (exact) mass is 387 g/mol. The van der Waals surface area contributed by atoms with Crippen LogP contribution in [0.2, 0.25) is 5.02 Å². The number of rotatable bonds is 4. The fraction of sp³-hybridized carbons (Fsp3) is 0.300. The summed E-state index contributed by atoms with van der Waals surface area (Å²) in [5.41, 5.74) is 1.60. The van der Waals surface area contributed by atoms with Gasteiger partial charge < -0.3 is 19.9 Å². The fourth-order valence-electron chi connectivity index (χ4n) is 2.96. The van der Waals surface area contributed by atoms with Crippen molar-refractivity contribution >= 4 is 29.2 Å². The van der Waals surface area contributed by atoms with Crippen LogP contribution in [-0.4, -0.2) is 55.0 Å². The highest BCUT2D eigenvalue weighted by atomic mass is 35.5. The average Bonchev–Trinajstić information content (AvgIpc) is 2.68. The first kappa shape index (κ1) is 19.0. The Morgan fingerprint density at radius 2 is 1.70 bits per heavy atom. The summed E-state index contributed by atoms with van der Waals surface area (Å²) >= 11 is 5.94. The highest BCUT2D eigenvalue weighted by Crippen LogP contribution is 2.16. The third-order valence-corrected chi connectivity index (χ3v) is 4.74. The molecular formula is C20H22ClN3O3. The van der Waals surface area contributed by atoms with Gasteiger partial charge in [0.2, 0.25) is 5.91 Å².